The Hall–Kier alpha value is -0.850. The summed E-state index contributed by atoms with van der Waals surface area (Å²) in [4.78, 5) is 11.3. The second-order valence-corrected chi connectivity index (χ2v) is 5.50. The fourth-order valence-electron chi connectivity index (χ4n) is 1.95. The maximum Gasteiger partial charge on any atom is 0.145 e. The van der Waals surface area contributed by atoms with E-state index in [0.29, 0.717) is 11.9 Å². The van der Waals surface area contributed by atoms with E-state index in [2.05, 4.69) is 27.2 Å². The number of nitrogens with two attached hydrogens (primary N) is 1. The van der Waals surface area contributed by atoms with Crippen LogP contribution in [-0.2, 0) is 6.54 Å². The summed E-state index contributed by atoms with van der Waals surface area (Å²) in [5, 5.41) is 0. The lowest BCUT2D eigenvalue weighted by atomic mass is 10.3. The average Bonchev–Trinajstić information content (AvgIpc) is 2.31. The lowest BCUT2D eigenvalue weighted by Gasteiger charge is -2.32. The van der Waals surface area contributed by atoms with Crippen LogP contribution in [0.3, 0.4) is 0 Å². The monoisotopic (exact) mass is 253 g/mol. The Morgan fingerprint density at radius 2 is 2.41 bits per heavy atom. The Balaban J connectivity index is 2.09. The van der Waals surface area contributed by atoms with Crippen molar-refractivity contribution in [1.82, 2.24) is 14.9 Å². The van der Waals surface area contributed by atoms with Gasteiger partial charge in [0.15, 0.2) is 0 Å². The first-order valence-electron chi connectivity index (χ1n) is 5.82. The Morgan fingerprint density at radius 1 is 1.59 bits per heavy atom. The second-order valence-electron chi connectivity index (χ2n) is 4.35. The summed E-state index contributed by atoms with van der Waals surface area (Å²) in [6.45, 7) is 6.12. The molecule has 1 aliphatic heterocycles. The molecule has 0 amide bonds. The molecule has 1 saturated heterocycles. The van der Waals surface area contributed by atoms with Crippen molar-refractivity contribution in [2.45, 2.75) is 26.4 Å². The van der Waals surface area contributed by atoms with Crippen LogP contribution in [0.5, 0.6) is 0 Å². The van der Waals surface area contributed by atoms with Gasteiger partial charge in [-0.1, -0.05) is 0 Å². The first kappa shape index (κ1) is 12.6. The van der Waals surface area contributed by atoms with Gasteiger partial charge >= 0.3 is 0 Å². The summed E-state index contributed by atoms with van der Waals surface area (Å²) in [6.07, 6.45) is 0. The van der Waals surface area contributed by atoms with E-state index in [1.54, 1.807) is 0 Å². The van der Waals surface area contributed by atoms with E-state index in [4.69, 9.17) is 5.84 Å². The van der Waals surface area contributed by atoms with E-state index >= 15 is 0 Å². The number of aryl methyl sites for hydroxylation is 1. The van der Waals surface area contributed by atoms with Crippen molar-refractivity contribution in [2.24, 2.45) is 5.84 Å². The standard InChI is InChI=1S/C11H19N5S/c1-8-5-10(15-12)14-11(13-8)6-16-3-4-17-7-9(16)2/h5,9H,3-4,6-7,12H2,1-2H3,(H,13,14,15). The van der Waals surface area contributed by atoms with E-state index in [1.165, 1.54) is 11.5 Å². The van der Waals surface area contributed by atoms with E-state index in [-0.39, 0.29) is 0 Å². The fraction of sp³-hybridized carbons (Fsp3) is 0.636. The smallest absolute Gasteiger partial charge is 0.145 e. The maximum absolute atomic E-state index is 5.39. The van der Waals surface area contributed by atoms with Gasteiger partial charge in [0.1, 0.15) is 11.6 Å². The highest BCUT2D eigenvalue weighted by Gasteiger charge is 2.19. The van der Waals surface area contributed by atoms with Gasteiger partial charge in [0.05, 0.1) is 6.54 Å². The van der Waals surface area contributed by atoms with E-state index < -0.39 is 0 Å². The van der Waals surface area contributed by atoms with Crippen molar-refractivity contribution < 1.29 is 0 Å². The molecule has 1 aliphatic rings. The quantitative estimate of drug-likeness (QED) is 0.619. The number of nitrogens with one attached hydrogen (secondary N) is 1. The summed E-state index contributed by atoms with van der Waals surface area (Å²) in [5.41, 5.74) is 3.53. The summed E-state index contributed by atoms with van der Waals surface area (Å²) in [6, 6.07) is 2.44. The van der Waals surface area contributed by atoms with Crippen molar-refractivity contribution in [3.63, 3.8) is 0 Å². The van der Waals surface area contributed by atoms with Crippen molar-refractivity contribution in [2.75, 3.05) is 23.5 Å². The second kappa shape index (κ2) is 5.66. The minimum absolute atomic E-state index is 0.590. The third-order valence-corrected chi connectivity index (χ3v) is 4.09. The molecule has 2 heterocycles. The molecule has 6 heteroatoms. The van der Waals surface area contributed by atoms with Crippen molar-refractivity contribution in [3.8, 4) is 0 Å². The Labute approximate surface area is 106 Å². The number of anilines is 1. The molecule has 1 atom stereocenters. The number of thioether (sulfide) groups is 1. The van der Waals surface area contributed by atoms with Crippen LogP contribution in [0.4, 0.5) is 5.82 Å². The molecule has 2 rings (SSSR count). The van der Waals surface area contributed by atoms with Gasteiger partial charge in [0.2, 0.25) is 0 Å². The van der Waals surface area contributed by atoms with Crippen LogP contribution in [0.2, 0.25) is 0 Å². The van der Waals surface area contributed by atoms with Gasteiger partial charge in [-0.3, -0.25) is 4.90 Å². The predicted octanol–water partition coefficient (Wildman–Crippen LogP) is 1.01. The van der Waals surface area contributed by atoms with Crippen molar-refractivity contribution >= 4 is 17.6 Å². The minimum atomic E-state index is 0.590. The topological polar surface area (TPSA) is 67.1 Å². The molecule has 5 nitrogen and oxygen atoms in total. The van der Waals surface area contributed by atoms with Crippen LogP contribution in [0, 0.1) is 6.92 Å². The van der Waals surface area contributed by atoms with E-state index in [1.807, 2.05) is 24.8 Å². The van der Waals surface area contributed by atoms with Gasteiger partial charge in [-0.05, 0) is 13.8 Å². The molecule has 0 spiro atoms. The molecule has 0 radical (unpaired) electrons. The lowest BCUT2D eigenvalue weighted by molar-refractivity contribution is 0.218. The SMILES string of the molecule is Cc1cc(NN)nc(CN2CCSCC2C)n1. The first-order chi connectivity index (χ1) is 8.19. The minimum Gasteiger partial charge on any atom is -0.308 e. The van der Waals surface area contributed by atoms with Crippen molar-refractivity contribution in [3.05, 3.63) is 17.6 Å². The summed E-state index contributed by atoms with van der Waals surface area (Å²) < 4.78 is 0. The number of rotatable bonds is 3. The van der Waals surface area contributed by atoms with Gasteiger partial charge in [-0.15, -0.1) is 0 Å². The Bertz CT molecular complexity index is 384. The van der Waals surface area contributed by atoms with Crippen molar-refractivity contribution in [1.29, 1.82) is 0 Å². The number of hydrazine groups is 1. The zero-order valence-corrected chi connectivity index (χ0v) is 11.1. The molecule has 0 aromatic carbocycles. The van der Waals surface area contributed by atoms with Gasteiger partial charge < -0.3 is 5.43 Å². The molecular weight excluding hydrogens is 234 g/mol. The number of nitrogen functional groups attached to an aromatic ring is 1. The van der Waals surface area contributed by atoms with Gasteiger partial charge in [-0.25, -0.2) is 15.8 Å². The van der Waals surface area contributed by atoms with Crippen LogP contribution in [0.15, 0.2) is 6.07 Å². The number of hydrogen-bond donors (Lipinski definition) is 2. The summed E-state index contributed by atoms with van der Waals surface area (Å²) in [5.74, 6) is 9.30. The number of aromatic nitrogens is 2. The third kappa shape index (κ3) is 3.31. The van der Waals surface area contributed by atoms with Gasteiger partial charge in [0, 0.05) is 35.9 Å². The number of nitrogens with zero attached hydrogens (tertiary/aromatic N) is 3. The van der Waals surface area contributed by atoms with Crippen LogP contribution >= 0.6 is 11.8 Å². The van der Waals surface area contributed by atoms with Crippen LogP contribution in [0.1, 0.15) is 18.4 Å². The molecule has 0 aliphatic carbocycles. The zero-order valence-electron chi connectivity index (χ0n) is 10.3. The Kier molecular flexibility index (Phi) is 4.20. The molecule has 1 aromatic heterocycles. The van der Waals surface area contributed by atoms with Crippen LogP contribution < -0.4 is 11.3 Å². The third-order valence-electron chi connectivity index (χ3n) is 2.90. The van der Waals surface area contributed by atoms with Crippen LogP contribution in [-0.4, -0.2) is 39.0 Å². The molecule has 0 bridgehead atoms. The highest BCUT2D eigenvalue weighted by Crippen LogP contribution is 2.18. The molecular formula is C11H19N5S. The molecule has 17 heavy (non-hydrogen) atoms. The molecule has 3 N–H and O–H groups in total. The fourth-order valence-corrected chi connectivity index (χ4v) is 3.03. The van der Waals surface area contributed by atoms with E-state index in [9.17, 15) is 0 Å². The summed E-state index contributed by atoms with van der Waals surface area (Å²) >= 11 is 2.01. The largest absolute Gasteiger partial charge is 0.308 e. The van der Waals surface area contributed by atoms with E-state index in [0.717, 1.165) is 24.6 Å². The molecule has 94 valence electrons. The maximum atomic E-state index is 5.39. The molecule has 1 fully saturated rings. The Morgan fingerprint density at radius 3 is 3.12 bits per heavy atom. The highest BCUT2D eigenvalue weighted by atomic mass is 32.2. The van der Waals surface area contributed by atoms with Crippen LogP contribution in [0.25, 0.3) is 0 Å². The summed E-state index contributed by atoms with van der Waals surface area (Å²) in [7, 11) is 0. The number of hydrogen-bond acceptors (Lipinski definition) is 6. The first-order valence-corrected chi connectivity index (χ1v) is 6.97. The molecule has 1 aromatic rings. The molecule has 0 saturated carbocycles. The van der Waals surface area contributed by atoms with Gasteiger partial charge in [-0.2, -0.15) is 11.8 Å². The predicted molar refractivity (Wildman–Crippen MR) is 71.8 cm³/mol. The normalized spacial score (nSPS) is 21.5. The molecule has 1 unspecified atom stereocenters. The average molecular weight is 253 g/mol. The lowest BCUT2D eigenvalue weighted by Crippen LogP contribution is -2.40. The zero-order chi connectivity index (χ0) is 12.3. The highest BCUT2D eigenvalue weighted by molar-refractivity contribution is 7.99. The van der Waals surface area contributed by atoms with Gasteiger partial charge in [0.25, 0.3) is 0 Å².